The lowest BCUT2D eigenvalue weighted by atomic mass is 9.87. The van der Waals surface area contributed by atoms with E-state index in [1.54, 1.807) is 0 Å². The van der Waals surface area contributed by atoms with Crippen molar-refractivity contribution < 1.29 is 0 Å². The van der Waals surface area contributed by atoms with Crippen LogP contribution in [0, 0.1) is 5.92 Å². The fourth-order valence-corrected chi connectivity index (χ4v) is 2.14. The highest BCUT2D eigenvalue weighted by molar-refractivity contribution is 5.66. The minimum Gasteiger partial charge on any atom is -0.257 e. The summed E-state index contributed by atoms with van der Waals surface area (Å²) in [7, 11) is 0. The second-order valence-corrected chi connectivity index (χ2v) is 3.68. The summed E-state index contributed by atoms with van der Waals surface area (Å²) in [6, 6.07) is 4.16. The molecule has 0 fully saturated rings. The second kappa shape index (κ2) is 2.95. The van der Waals surface area contributed by atoms with Crippen molar-refractivity contribution in [3.8, 4) is 0 Å². The predicted octanol–water partition coefficient (Wildman–Crippen LogP) is 1.16. The predicted molar refractivity (Wildman–Crippen MR) is 57.7 cm³/mol. The average molecular weight is 181 g/mol. The van der Waals surface area contributed by atoms with Crippen molar-refractivity contribution in [1.82, 2.24) is 4.98 Å². The van der Waals surface area contributed by atoms with Gasteiger partial charge in [0.1, 0.15) is 0 Å². The van der Waals surface area contributed by atoms with E-state index in [4.69, 9.17) is 0 Å². The summed E-state index contributed by atoms with van der Waals surface area (Å²) in [5.41, 5.74) is 1.41. The molecule has 2 aliphatic rings. The third-order valence-electron chi connectivity index (χ3n) is 2.84. The largest absolute Gasteiger partial charge is 0.257 e. The van der Waals surface area contributed by atoms with Crippen molar-refractivity contribution in [1.29, 1.82) is 0 Å². The number of allylic oxidation sites excluding steroid dienone is 4. The van der Waals surface area contributed by atoms with Gasteiger partial charge in [0, 0.05) is 17.3 Å². The molecule has 14 heavy (non-hydrogen) atoms. The lowest BCUT2D eigenvalue weighted by Crippen LogP contribution is -2.34. The van der Waals surface area contributed by atoms with E-state index >= 15 is 0 Å². The Labute approximate surface area is 82.8 Å². The lowest BCUT2D eigenvalue weighted by Gasteiger charge is -2.18. The van der Waals surface area contributed by atoms with Crippen LogP contribution in [0.4, 0.5) is 0 Å². The molecule has 3 rings (SSSR count). The maximum Gasteiger partial charge on any atom is 0.0665 e. The Morgan fingerprint density at radius 2 is 2.29 bits per heavy atom. The molecule has 1 aromatic rings. The first-order valence-corrected chi connectivity index (χ1v) is 4.95. The summed E-state index contributed by atoms with van der Waals surface area (Å²) < 4.78 is 0. The van der Waals surface area contributed by atoms with Crippen LogP contribution in [0.25, 0.3) is 11.6 Å². The first-order valence-electron chi connectivity index (χ1n) is 4.95. The first kappa shape index (κ1) is 7.74. The van der Waals surface area contributed by atoms with Gasteiger partial charge in [-0.05, 0) is 18.1 Å². The van der Waals surface area contributed by atoms with E-state index < -0.39 is 0 Å². The van der Waals surface area contributed by atoms with Crippen LogP contribution in [0.2, 0.25) is 0 Å². The Balaban J connectivity index is 2.40. The highest BCUT2D eigenvalue weighted by Gasteiger charge is 2.14. The minimum atomic E-state index is 0.566. The number of rotatable bonds is 0. The Hall–Kier alpha value is -1.63. The zero-order chi connectivity index (χ0) is 9.38. The molecule has 1 aromatic heterocycles. The van der Waals surface area contributed by atoms with Gasteiger partial charge < -0.3 is 0 Å². The maximum atomic E-state index is 4.38. The van der Waals surface area contributed by atoms with Crippen molar-refractivity contribution in [2.24, 2.45) is 5.92 Å². The van der Waals surface area contributed by atoms with E-state index in [0.29, 0.717) is 5.92 Å². The van der Waals surface area contributed by atoms with Gasteiger partial charge in [-0.15, -0.1) is 0 Å². The van der Waals surface area contributed by atoms with E-state index in [-0.39, 0.29) is 0 Å². The molecule has 0 saturated carbocycles. The SMILES string of the molecule is C1=CC2=c3cccnc3=CCC2C=C1. The standard InChI is InChI=1S/C13H11N/c1-2-5-11-10(4-1)7-8-13-12(11)6-3-9-14-13/h1-6,8-10H,7H2. The van der Waals surface area contributed by atoms with Crippen LogP contribution in [0.1, 0.15) is 6.42 Å². The van der Waals surface area contributed by atoms with Crippen molar-refractivity contribution in [2.75, 3.05) is 0 Å². The minimum absolute atomic E-state index is 0.566. The van der Waals surface area contributed by atoms with Crippen molar-refractivity contribution >= 4 is 11.6 Å². The van der Waals surface area contributed by atoms with Crippen molar-refractivity contribution in [2.45, 2.75) is 6.42 Å². The number of fused-ring (bicyclic) bond motifs is 2. The second-order valence-electron chi connectivity index (χ2n) is 3.68. The molecular formula is C13H11N. The highest BCUT2D eigenvalue weighted by atomic mass is 14.6. The van der Waals surface area contributed by atoms with Gasteiger partial charge in [0.25, 0.3) is 0 Å². The Kier molecular flexibility index (Phi) is 1.63. The number of nitrogens with zero attached hydrogens (tertiary/aromatic N) is 1. The van der Waals surface area contributed by atoms with Crippen LogP contribution < -0.4 is 10.6 Å². The third-order valence-corrected chi connectivity index (χ3v) is 2.84. The van der Waals surface area contributed by atoms with Gasteiger partial charge in [0.05, 0.1) is 5.35 Å². The van der Waals surface area contributed by atoms with Crippen molar-refractivity contribution in [3.63, 3.8) is 0 Å². The highest BCUT2D eigenvalue weighted by Crippen LogP contribution is 2.23. The molecule has 0 aromatic carbocycles. The fraction of sp³-hybridized carbons (Fsp3) is 0.154. The molecule has 0 N–H and O–H groups in total. The molecule has 1 atom stereocenters. The number of pyridine rings is 1. The van der Waals surface area contributed by atoms with Crippen LogP contribution in [0.15, 0.2) is 42.6 Å². The molecular weight excluding hydrogens is 170 g/mol. The van der Waals surface area contributed by atoms with Crippen molar-refractivity contribution in [3.05, 3.63) is 53.2 Å². The smallest absolute Gasteiger partial charge is 0.0665 e. The summed E-state index contributed by atoms with van der Waals surface area (Å²) >= 11 is 0. The monoisotopic (exact) mass is 181 g/mol. The summed E-state index contributed by atoms with van der Waals surface area (Å²) in [5.74, 6) is 0.566. The quantitative estimate of drug-likeness (QED) is 0.585. The molecule has 0 amide bonds. The Bertz CT molecular complexity index is 535. The zero-order valence-electron chi connectivity index (χ0n) is 7.85. The van der Waals surface area contributed by atoms with E-state index in [1.165, 1.54) is 10.8 Å². The molecule has 0 aliphatic heterocycles. The maximum absolute atomic E-state index is 4.38. The number of hydrogen-bond acceptors (Lipinski definition) is 1. The van der Waals surface area contributed by atoms with Gasteiger partial charge in [-0.2, -0.15) is 0 Å². The van der Waals surface area contributed by atoms with Gasteiger partial charge in [-0.3, -0.25) is 4.98 Å². The summed E-state index contributed by atoms with van der Waals surface area (Å²) in [6.45, 7) is 0. The van der Waals surface area contributed by atoms with E-state index in [2.05, 4.69) is 41.4 Å². The fourth-order valence-electron chi connectivity index (χ4n) is 2.14. The van der Waals surface area contributed by atoms with Crippen LogP contribution in [-0.2, 0) is 0 Å². The van der Waals surface area contributed by atoms with Crippen LogP contribution in [0.3, 0.4) is 0 Å². The molecule has 1 heteroatoms. The van der Waals surface area contributed by atoms with Gasteiger partial charge in [0.15, 0.2) is 0 Å². The normalized spacial score (nSPS) is 22.6. The zero-order valence-corrected chi connectivity index (χ0v) is 7.85. The van der Waals surface area contributed by atoms with E-state index in [1.807, 2.05) is 12.3 Å². The lowest BCUT2D eigenvalue weighted by molar-refractivity contribution is 0.855. The van der Waals surface area contributed by atoms with Gasteiger partial charge in [-0.1, -0.05) is 36.4 Å². The third kappa shape index (κ3) is 1.06. The Morgan fingerprint density at radius 1 is 1.29 bits per heavy atom. The first-order chi connectivity index (χ1) is 6.95. The Morgan fingerprint density at radius 3 is 3.29 bits per heavy atom. The van der Waals surface area contributed by atoms with Gasteiger partial charge in [0.2, 0.25) is 0 Å². The van der Waals surface area contributed by atoms with Crippen LogP contribution in [0.5, 0.6) is 0 Å². The molecule has 1 heterocycles. The molecule has 2 aliphatic carbocycles. The van der Waals surface area contributed by atoms with E-state index in [0.717, 1.165) is 11.8 Å². The molecule has 0 spiro atoms. The van der Waals surface area contributed by atoms with Crippen LogP contribution in [-0.4, -0.2) is 4.98 Å². The molecule has 1 unspecified atom stereocenters. The molecule has 0 saturated heterocycles. The summed E-state index contributed by atoms with van der Waals surface area (Å²) in [6.07, 6.45) is 13.9. The molecule has 1 nitrogen and oxygen atoms in total. The molecule has 68 valence electrons. The molecule has 0 radical (unpaired) electrons. The summed E-state index contributed by atoms with van der Waals surface area (Å²) in [4.78, 5) is 4.38. The average Bonchev–Trinajstić information content (AvgIpc) is 2.29. The summed E-state index contributed by atoms with van der Waals surface area (Å²) in [5, 5.41) is 2.43. The van der Waals surface area contributed by atoms with Gasteiger partial charge >= 0.3 is 0 Å². The number of aromatic nitrogens is 1. The topological polar surface area (TPSA) is 12.9 Å². The number of hydrogen-bond donors (Lipinski definition) is 0. The van der Waals surface area contributed by atoms with E-state index in [9.17, 15) is 0 Å². The van der Waals surface area contributed by atoms with Crippen LogP contribution >= 0.6 is 0 Å². The molecule has 0 bridgehead atoms. The van der Waals surface area contributed by atoms with Gasteiger partial charge in [-0.25, -0.2) is 0 Å².